The molecule has 1 aromatic heterocycles. The molecule has 9 heteroatoms. The summed E-state index contributed by atoms with van der Waals surface area (Å²) in [6.07, 6.45) is 0. The average Bonchev–Trinajstić information content (AvgIpc) is 3.29. The van der Waals surface area contributed by atoms with Crippen molar-refractivity contribution in [2.75, 3.05) is 7.11 Å². The second-order valence-corrected chi connectivity index (χ2v) is 9.02. The maximum atomic E-state index is 13.6. The lowest BCUT2D eigenvalue weighted by Gasteiger charge is -2.28. The number of aromatic nitrogens is 1. The van der Waals surface area contributed by atoms with Crippen molar-refractivity contribution in [1.29, 1.82) is 0 Å². The molecular weight excluding hydrogens is 456 g/mol. The number of para-hydroxylation sites is 1. The van der Waals surface area contributed by atoms with E-state index in [1.807, 2.05) is 0 Å². The number of aliphatic hydroxyl groups is 1. The molecule has 34 heavy (non-hydrogen) atoms. The van der Waals surface area contributed by atoms with Crippen LogP contribution < -0.4 is 4.74 Å². The predicted octanol–water partition coefficient (Wildman–Crippen LogP) is 4.25. The summed E-state index contributed by atoms with van der Waals surface area (Å²) in [6, 6.07) is 12.2. The van der Waals surface area contributed by atoms with Gasteiger partial charge in [-0.3, -0.25) is 9.59 Å². The monoisotopic (exact) mass is 478 g/mol. The molecule has 1 amide bonds. The fraction of sp³-hybridized carbons (Fsp3) is 0.200. The maximum Gasteiger partial charge on any atom is 0.335 e. The Balaban J connectivity index is 1.81. The van der Waals surface area contributed by atoms with E-state index in [1.54, 1.807) is 50.2 Å². The third-order valence-corrected chi connectivity index (χ3v) is 6.72. The Hall–Kier alpha value is -3.98. The summed E-state index contributed by atoms with van der Waals surface area (Å²) in [5, 5.41) is 20.7. The zero-order valence-corrected chi connectivity index (χ0v) is 19.5. The Morgan fingerprint density at radius 3 is 2.38 bits per heavy atom. The van der Waals surface area contributed by atoms with Crippen molar-refractivity contribution in [1.82, 2.24) is 9.88 Å². The summed E-state index contributed by atoms with van der Waals surface area (Å²) < 4.78 is 5.50. The van der Waals surface area contributed by atoms with Crippen molar-refractivity contribution in [3.05, 3.63) is 92.1 Å². The largest absolute Gasteiger partial charge is 0.503 e. The summed E-state index contributed by atoms with van der Waals surface area (Å²) in [4.78, 5) is 44.1. The molecule has 1 unspecified atom stereocenters. The Bertz CT molecular complexity index is 1330. The van der Waals surface area contributed by atoms with Crippen LogP contribution in [0.2, 0.25) is 0 Å². The molecule has 0 bridgehead atoms. The third-order valence-electron chi connectivity index (χ3n) is 5.65. The van der Waals surface area contributed by atoms with E-state index in [-0.39, 0.29) is 17.7 Å². The van der Waals surface area contributed by atoms with Gasteiger partial charge in [0.1, 0.15) is 5.75 Å². The van der Waals surface area contributed by atoms with Gasteiger partial charge in [0.25, 0.3) is 5.91 Å². The molecule has 0 saturated heterocycles. The van der Waals surface area contributed by atoms with E-state index in [1.165, 1.54) is 35.5 Å². The minimum atomic E-state index is -1.06. The van der Waals surface area contributed by atoms with Gasteiger partial charge < -0.3 is 19.8 Å². The van der Waals surface area contributed by atoms with E-state index in [0.29, 0.717) is 32.5 Å². The van der Waals surface area contributed by atoms with E-state index in [4.69, 9.17) is 9.84 Å². The standard InChI is InChI=1S/C25H22N2O6S/c1-13-23(34-14(2)26-13)21(28)19-20(17-6-4-5-7-18(17)33-3)27(24(30)22(19)29)12-15-8-10-16(11-9-15)25(31)32/h4-11,20,29H,12H2,1-3H3,(H,31,32). The van der Waals surface area contributed by atoms with E-state index < -0.39 is 29.5 Å². The van der Waals surface area contributed by atoms with Crippen molar-refractivity contribution in [3.63, 3.8) is 0 Å². The molecule has 174 valence electrons. The van der Waals surface area contributed by atoms with Gasteiger partial charge in [-0.1, -0.05) is 30.3 Å². The number of carbonyl (C=O) groups excluding carboxylic acids is 2. The first-order valence-electron chi connectivity index (χ1n) is 10.4. The van der Waals surface area contributed by atoms with Gasteiger partial charge in [-0.05, 0) is 37.6 Å². The molecular formula is C25H22N2O6S. The van der Waals surface area contributed by atoms with Crippen LogP contribution >= 0.6 is 11.3 Å². The number of aryl methyl sites for hydroxylation is 2. The first-order valence-corrected chi connectivity index (χ1v) is 11.2. The maximum absolute atomic E-state index is 13.6. The number of hydrogen-bond donors (Lipinski definition) is 2. The number of benzene rings is 2. The quantitative estimate of drug-likeness (QED) is 0.488. The van der Waals surface area contributed by atoms with Crippen LogP contribution in [0.3, 0.4) is 0 Å². The predicted molar refractivity (Wildman–Crippen MR) is 125 cm³/mol. The van der Waals surface area contributed by atoms with Gasteiger partial charge in [0.15, 0.2) is 5.76 Å². The van der Waals surface area contributed by atoms with Crippen LogP contribution in [-0.4, -0.2) is 44.9 Å². The minimum absolute atomic E-state index is 0.0385. The molecule has 1 atom stereocenters. The SMILES string of the molecule is COc1ccccc1C1C(C(=O)c2sc(C)nc2C)=C(O)C(=O)N1Cc1ccc(C(=O)O)cc1. The number of carboxylic acids is 1. The lowest BCUT2D eigenvalue weighted by molar-refractivity contribution is -0.130. The number of thiazole rings is 1. The summed E-state index contributed by atoms with van der Waals surface area (Å²) >= 11 is 1.21. The third kappa shape index (κ3) is 4.06. The van der Waals surface area contributed by atoms with E-state index in [2.05, 4.69) is 4.98 Å². The zero-order valence-electron chi connectivity index (χ0n) is 18.7. The van der Waals surface area contributed by atoms with Crippen molar-refractivity contribution >= 4 is 29.0 Å². The number of aliphatic hydroxyl groups excluding tert-OH is 1. The minimum Gasteiger partial charge on any atom is -0.503 e. The lowest BCUT2D eigenvalue weighted by Crippen LogP contribution is -2.31. The highest BCUT2D eigenvalue weighted by molar-refractivity contribution is 7.14. The number of hydrogen-bond acceptors (Lipinski definition) is 7. The Kier molecular flexibility index (Phi) is 6.21. The molecule has 0 aliphatic carbocycles. The Morgan fingerprint density at radius 2 is 1.79 bits per heavy atom. The normalized spacial score (nSPS) is 15.7. The molecule has 0 fully saturated rings. The fourth-order valence-corrected chi connectivity index (χ4v) is 4.95. The van der Waals surface area contributed by atoms with Crippen LogP contribution in [0.1, 0.15) is 47.9 Å². The van der Waals surface area contributed by atoms with Gasteiger partial charge in [0.05, 0.1) is 39.9 Å². The highest BCUT2D eigenvalue weighted by Gasteiger charge is 2.45. The van der Waals surface area contributed by atoms with E-state index in [9.17, 15) is 19.5 Å². The van der Waals surface area contributed by atoms with E-state index >= 15 is 0 Å². The molecule has 2 heterocycles. The number of methoxy groups -OCH3 is 1. The number of nitrogens with zero attached hydrogens (tertiary/aromatic N) is 2. The van der Waals surface area contributed by atoms with Crippen molar-refractivity contribution in [2.45, 2.75) is 26.4 Å². The number of Topliss-reactive ketones (excluding diaryl/α,β-unsaturated/α-hetero) is 1. The number of ether oxygens (including phenoxy) is 1. The number of carboxylic acid groups (broad SMARTS) is 1. The zero-order chi connectivity index (χ0) is 24.6. The number of carbonyl (C=O) groups is 3. The molecule has 0 saturated carbocycles. The van der Waals surface area contributed by atoms with E-state index in [0.717, 1.165) is 0 Å². The van der Waals surface area contributed by atoms with Crippen LogP contribution in [-0.2, 0) is 11.3 Å². The number of rotatable bonds is 7. The lowest BCUT2D eigenvalue weighted by atomic mass is 9.94. The van der Waals surface area contributed by atoms with Gasteiger partial charge in [-0.25, -0.2) is 9.78 Å². The van der Waals surface area contributed by atoms with Crippen LogP contribution in [0.15, 0.2) is 59.9 Å². The number of aromatic carboxylic acids is 1. The van der Waals surface area contributed by atoms with Gasteiger partial charge in [0, 0.05) is 12.1 Å². The van der Waals surface area contributed by atoms with Crippen LogP contribution in [0.4, 0.5) is 0 Å². The molecule has 3 aromatic rings. The van der Waals surface area contributed by atoms with Gasteiger partial charge in [-0.15, -0.1) is 11.3 Å². The average molecular weight is 479 g/mol. The molecule has 1 aliphatic rings. The van der Waals surface area contributed by atoms with Gasteiger partial charge in [-0.2, -0.15) is 0 Å². The van der Waals surface area contributed by atoms with Gasteiger partial charge >= 0.3 is 5.97 Å². The van der Waals surface area contributed by atoms with Crippen LogP contribution in [0.25, 0.3) is 0 Å². The number of ketones is 1. The second-order valence-electron chi connectivity index (χ2n) is 7.82. The van der Waals surface area contributed by atoms with Crippen molar-refractivity contribution in [2.24, 2.45) is 0 Å². The molecule has 8 nitrogen and oxygen atoms in total. The van der Waals surface area contributed by atoms with Crippen molar-refractivity contribution in [3.8, 4) is 5.75 Å². The highest BCUT2D eigenvalue weighted by atomic mass is 32.1. The summed E-state index contributed by atoms with van der Waals surface area (Å²) in [5.74, 6) is -2.37. The Labute approximate surface area is 199 Å². The first kappa shape index (κ1) is 23.2. The van der Waals surface area contributed by atoms with Crippen molar-refractivity contribution < 1.29 is 29.3 Å². The molecule has 1 aliphatic heterocycles. The number of amides is 1. The Morgan fingerprint density at radius 1 is 1.12 bits per heavy atom. The molecule has 2 N–H and O–H groups in total. The summed E-state index contributed by atoms with van der Waals surface area (Å²) in [6.45, 7) is 3.54. The summed E-state index contributed by atoms with van der Waals surface area (Å²) in [7, 11) is 1.49. The molecule has 0 spiro atoms. The highest BCUT2D eigenvalue weighted by Crippen LogP contribution is 2.43. The van der Waals surface area contributed by atoms with Crippen LogP contribution in [0, 0.1) is 13.8 Å². The van der Waals surface area contributed by atoms with Crippen LogP contribution in [0.5, 0.6) is 5.75 Å². The molecule has 4 rings (SSSR count). The summed E-state index contributed by atoms with van der Waals surface area (Å²) in [5.41, 5.74) is 1.80. The second kappa shape index (κ2) is 9.11. The fourth-order valence-electron chi connectivity index (χ4n) is 4.08. The molecule has 0 radical (unpaired) electrons. The van der Waals surface area contributed by atoms with Gasteiger partial charge in [0.2, 0.25) is 5.78 Å². The topological polar surface area (TPSA) is 117 Å². The first-order chi connectivity index (χ1) is 16.2. The smallest absolute Gasteiger partial charge is 0.335 e. The molecule has 2 aromatic carbocycles.